The van der Waals surface area contributed by atoms with Gasteiger partial charge in [0, 0.05) is 25.3 Å². The smallest absolute Gasteiger partial charge is 0.111 e. The molecule has 1 aromatic rings. The number of piperidine rings is 1. The van der Waals surface area contributed by atoms with Crippen LogP contribution in [0.4, 0.5) is 0 Å². The lowest BCUT2D eigenvalue weighted by molar-refractivity contribution is -0.0438. The van der Waals surface area contributed by atoms with E-state index >= 15 is 0 Å². The van der Waals surface area contributed by atoms with Crippen molar-refractivity contribution in [2.24, 2.45) is 0 Å². The number of hydrogen-bond acceptors (Lipinski definition) is 3. The Morgan fingerprint density at radius 3 is 3.18 bits per heavy atom. The molecule has 4 nitrogen and oxygen atoms in total. The van der Waals surface area contributed by atoms with Crippen LogP contribution < -0.4 is 0 Å². The molecule has 2 saturated heterocycles. The van der Waals surface area contributed by atoms with E-state index in [1.165, 1.54) is 19.4 Å². The molecule has 2 aliphatic heterocycles. The van der Waals surface area contributed by atoms with Gasteiger partial charge in [0.2, 0.25) is 0 Å². The lowest BCUT2D eigenvalue weighted by Crippen LogP contribution is -2.46. The number of fused-ring (bicyclic) bond motifs is 1. The van der Waals surface area contributed by atoms with Crippen LogP contribution in [0.15, 0.2) is 12.5 Å². The van der Waals surface area contributed by atoms with Crippen LogP contribution in [0, 0.1) is 0 Å². The molecule has 3 heterocycles. The first-order chi connectivity index (χ1) is 8.21. The Balaban J connectivity index is 1.81. The van der Waals surface area contributed by atoms with Gasteiger partial charge in [0.15, 0.2) is 0 Å². The van der Waals surface area contributed by atoms with Gasteiger partial charge >= 0.3 is 0 Å². The number of aryl methyl sites for hydroxylation is 1. The number of rotatable bonds is 2. The van der Waals surface area contributed by atoms with Gasteiger partial charge in [-0.25, -0.2) is 4.98 Å². The molecule has 2 aliphatic rings. The van der Waals surface area contributed by atoms with E-state index in [0.29, 0.717) is 6.04 Å². The second-order valence-electron chi connectivity index (χ2n) is 5.41. The van der Waals surface area contributed by atoms with E-state index in [9.17, 15) is 5.11 Å². The van der Waals surface area contributed by atoms with Crippen LogP contribution in [-0.4, -0.2) is 38.7 Å². The predicted octanol–water partition coefficient (Wildman–Crippen LogP) is 1.35. The lowest BCUT2D eigenvalue weighted by atomic mass is 9.84. The topological polar surface area (TPSA) is 41.3 Å². The number of hydrogen-bond donors (Lipinski definition) is 1. The second-order valence-corrected chi connectivity index (χ2v) is 5.41. The molecule has 0 saturated carbocycles. The standard InChI is InChI=1S/C13H21N3O/c1-2-15-9-12(14-10-15)13(17)5-7-16-6-3-4-11(16)8-13/h9-11,17H,2-8H2,1H3. The highest BCUT2D eigenvalue weighted by atomic mass is 16.3. The first-order valence-electron chi connectivity index (χ1n) is 6.70. The summed E-state index contributed by atoms with van der Waals surface area (Å²) < 4.78 is 2.04. The minimum Gasteiger partial charge on any atom is -0.383 e. The predicted molar refractivity (Wildman–Crippen MR) is 65.6 cm³/mol. The largest absolute Gasteiger partial charge is 0.383 e. The summed E-state index contributed by atoms with van der Waals surface area (Å²) in [5.74, 6) is 0. The summed E-state index contributed by atoms with van der Waals surface area (Å²) in [6.07, 6.45) is 8.03. The molecule has 0 aromatic carbocycles. The van der Waals surface area contributed by atoms with E-state index in [-0.39, 0.29) is 0 Å². The van der Waals surface area contributed by atoms with Crippen molar-refractivity contribution in [3.05, 3.63) is 18.2 Å². The normalized spacial score (nSPS) is 33.9. The average Bonchev–Trinajstić information content (AvgIpc) is 2.96. The Morgan fingerprint density at radius 1 is 1.53 bits per heavy atom. The van der Waals surface area contributed by atoms with Crippen LogP contribution in [0.2, 0.25) is 0 Å². The Bertz CT molecular complexity index is 403. The third-order valence-electron chi connectivity index (χ3n) is 4.36. The Kier molecular flexibility index (Phi) is 2.71. The molecule has 4 heteroatoms. The van der Waals surface area contributed by atoms with E-state index < -0.39 is 5.60 Å². The van der Waals surface area contributed by atoms with Gasteiger partial charge in [-0.2, -0.15) is 0 Å². The van der Waals surface area contributed by atoms with E-state index in [1.54, 1.807) is 0 Å². The van der Waals surface area contributed by atoms with Crippen LogP contribution in [0.1, 0.15) is 38.3 Å². The van der Waals surface area contributed by atoms with Crippen molar-refractivity contribution >= 4 is 0 Å². The molecule has 0 spiro atoms. The van der Waals surface area contributed by atoms with Gasteiger partial charge in [0.05, 0.1) is 12.0 Å². The van der Waals surface area contributed by atoms with Crippen LogP contribution in [0.25, 0.3) is 0 Å². The zero-order chi connectivity index (χ0) is 11.9. The van der Waals surface area contributed by atoms with Gasteiger partial charge in [-0.1, -0.05) is 0 Å². The molecular formula is C13H21N3O. The minimum absolute atomic E-state index is 0.570. The Labute approximate surface area is 102 Å². The fourth-order valence-corrected chi connectivity index (χ4v) is 3.25. The van der Waals surface area contributed by atoms with Crippen LogP contribution in [0.5, 0.6) is 0 Å². The molecule has 2 unspecified atom stereocenters. The van der Waals surface area contributed by atoms with Gasteiger partial charge in [-0.15, -0.1) is 0 Å². The van der Waals surface area contributed by atoms with E-state index in [4.69, 9.17) is 0 Å². The van der Waals surface area contributed by atoms with Crippen LogP contribution in [0.3, 0.4) is 0 Å². The molecule has 17 heavy (non-hydrogen) atoms. The zero-order valence-electron chi connectivity index (χ0n) is 10.5. The monoisotopic (exact) mass is 235 g/mol. The maximum Gasteiger partial charge on any atom is 0.111 e. The molecule has 1 aromatic heterocycles. The number of nitrogens with zero attached hydrogens (tertiary/aromatic N) is 3. The third-order valence-corrected chi connectivity index (χ3v) is 4.36. The SMILES string of the molecule is CCn1cnc(C2(O)CCN3CCCC3C2)c1. The molecular weight excluding hydrogens is 214 g/mol. The highest BCUT2D eigenvalue weighted by Crippen LogP contribution is 2.38. The molecule has 3 rings (SSSR count). The summed E-state index contributed by atoms with van der Waals surface area (Å²) in [5.41, 5.74) is 0.178. The van der Waals surface area contributed by atoms with Crippen LogP contribution >= 0.6 is 0 Å². The van der Waals surface area contributed by atoms with Crippen LogP contribution in [-0.2, 0) is 12.1 Å². The summed E-state index contributed by atoms with van der Waals surface area (Å²) in [4.78, 5) is 6.91. The number of aliphatic hydroxyl groups is 1. The van der Waals surface area contributed by atoms with Gasteiger partial charge in [-0.3, -0.25) is 0 Å². The van der Waals surface area contributed by atoms with Crippen molar-refractivity contribution in [2.75, 3.05) is 13.1 Å². The molecule has 2 fully saturated rings. The number of aromatic nitrogens is 2. The number of imidazole rings is 1. The van der Waals surface area contributed by atoms with Gasteiger partial charge in [0.25, 0.3) is 0 Å². The minimum atomic E-state index is -0.689. The molecule has 0 bridgehead atoms. The molecule has 0 radical (unpaired) electrons. The maximum absolute atomic E-state index is 10.8. The summed E-state index contributed by atoms with van der Waals surface area (Å²) in [6.45, 7) is 5.23. The Morgan fingerprint density at radius 2 is 2.41 bits per heavy atom. The summed E-state index contributed by atoms with van der Waals surface area (Å²) in [6, 6.07) is 0.570. The van der Waals surface area contributed by atoms with Crippen molar-refractivity contribution in [1.82, 2.24) is 14.5 Å². The molecule has 2 atom stereocenters. The fourth-order valence-electron chi connectivity index (χ4n) is 3.25. The van der Waals surface area contributed by atoms with Crippen molar-refractivity contribution in [3.63, 3.8) is 0 Å². The molecule has 94 valence electrons. The highest BCUT2D eigenvalue weighted by Gasteiger charge is 2.42. The van der Waals surface area contributed by atoms with Crippen molar-refractivity contribution in [2.45, 2.75) is 50.8 Å². The van der Waals surface area contributed by atoms with Gasteiger partial charge in [-0.05, 0) is 39.2 Å². The van der Waals surface area contributed by atoms with Gasteiger partial charge < -0.3 is 14.6 Å². The highest BCUT2D eigenvalue weighted by molar-refractivity contribution is 5.12. The summed E-state index contributed by atoms with van der Waals surface area (Å²) >= 11 is 0. The first kappa shape index (κ1) is 11.2. The third kappa shape index (κ3) is 1.89. The van der Waals surface area contributed by atoms with E-state index in [2.05, 4.69) is 16.8 Å². The molecule has 0 amide bonds. The fraction of sp³-hybridized carbons (Fsp3) is 0.769. The van der Waals surface area contributed by atoms with Gasteiger partial charge in [0.1, 0.15) is 5.60 Å². The second kappa shape index (κ2) is 4.10. The van der Waals surface area contributed by atoms with E-state index in [0.717, 1.165) is 31.6 Å². The molecule has 0 aliphatic carbocycles. The molecule has 1 N–H and O–H groups in total. The maximum atomic E-state index is 10.8. The quantitative estimate of drug-likeness (QED) is 0.841. The summed E-state index contributed by atoms with van der Waals surface area (Å²) in [5, 5.41) is 10.8. The van der Waals surface area contributed by atoms with Crippen molar-refractivity contribution in [1.29, 1.82) is 0 Å². The lowest BCUT2D eigenvalue weighted by Gasteiger charge is -2.39. The van der Waals surface area contributed by atoms with E-state index in [1.807, 2.05) is 17.1 Å². The van der Waals surface area contributed by atoms with Crippen molar-refractivity contribution in [3.8, 4) is 0 Å². The average molecular weight is 235 g/mol. The summed E-state index contributed by atoms with van der Waals surface area (Å²) in [7, 11) is 0. The zero-order valence-corrected chi connectivity index (χ0v) is 10.5. The Hall–Kier alpha value is -0.870. The van der Waals surface area contributed by atoms with Crippen molar-refractivity contribution < 1.29 is 5.11 Å². The first-order valence-corrected chi connectivity index (χ1v) is 6.70.